The van der Waals surface area contributed by atoms with Gasteiger partial charge in [0.2, 0.25) is 0 Å². The number of hydrogen-bond acceptors (Lipinski definition) is 2. The van der Waals surface area contributed by atoms with Gasteiger partial charge in [-0.3, -0.25) is 4.21 Å². The Hall–Kier alpha value is -0.670. The summed E-state index contributed by atoms with van der Waals surface area (Å²) >= 11 is 0. The van der Waals surface area contributed by atoms with Crippen LogP contribution >= 0.6 is 0 Å². The predicted molar refractivity (Wildman–Crippen MR) is 80.2 cm³/mol. The second-order valence-corrected chi connectivity index (χ2v) is 6.59. The van der Waals surface area contributed by atoms with Gasteiger partial charge in [0.25, 0.3) is 0 Å². The van der Waals surface area contributed by atoms with Gasteiger partial charge < -0.3 is 5.32 Å². The molecule has 0 aliphatic rings. The van der Waals surface area contributed by atoms with Crippen LogP contribution in [0.4, 0.5) is 0 Å². The van der Waals surface area contributed by atoms with Gasteiger partial charge in [0.05, 0.1) is 0 Å². The quantitative estimate of drug-likeness (QED) is 0.823. The molecule has 0 aliphatic carbocycles. The molecule has 0 heterocycles. The van der Waals surface area contributed by atoms with Crippen molar-refractivity contribution in [2.24, 2.45) is 5.92 Å². The van der Waals surface area contributed by atoms with Gasteiger partial charge in [-0.05, 0) is 30.5 Å². The van der Waals surface area contributed by atoms with E-state index in [1.165, 1.54) is 11.1 Å². The molecule has 0 aliphatic heterocycles. The molecule has 0 bridgehead atoms. The van der Waals surface area contributed by atoms with Crippen molar-refractivity contribution in [3.05, 3.63) is 35.4 Å². The van der Waals surface area contributed by atoms with E-state index in [1.807, 2.05) is 12.1 Å². The normalized spacial score (nSPS) is 14.7. The van der Waals surface area contributed by atoms with E-state index < -0.39 is 10.8 Å². The molecule has 0 amide bonds. The van der Waals surface area contributed by atoms with Crippen molar-refractivity contribution < 1.29 is 4.21 Å². The van der Waals surface area contributed by atoms with Gasteiger partial charge in [-0.1, -0.05) is 45.0 Å². The fraction of sp³-hybridized carbons (Fsp3) is 0.600. The van der Waals surface area contributed by atoms with Crippen LogP contribution in [-0.4, -0.2) is 22.5 Å². The second kappa shape index (κ2) is 7.70. The first kappa shape index (κ1) is 15.4. The second-order valence-electron chi connectivity index (χ2n) is 5.09. The van der Waals surface area contributed by atoms with E-state index in [1.54, 1.807) is 0 Å². The molecule has 0 saturated carbocycles. The maximum Gasteiger partial charge on any atom is 0.0488 e. The Morgan fingerprint density at radius 1 is 1.28 bits per heavy atom. The molecule has 18 heavy (non-hydrogen) atoms. The van der Waals surface area contributed by atoms with Crippen LogP contribution in [0.5, 0.6) is 0 Å². The average Bonchev–Trinajstić information content (AvgIpc) is 2.31. The SMILES string of the molecule is CCNC(CS(=O)Cc1ccccc1C)C(C)C. The van der Waals surface area contributed by atoms with Crippen molar-refractivity contribution in [1.82, 2.24) is 5.32 Å². The monoisotopic (exact) mass is 267 g/mol. The van der Waals surface area contributed by atoms with E-state index in [-0.39, 0.29) is 0 Å². The minimum atomic E-state index is -0.796. The summed E-state index contributed by atoms with van der Waals surface area (Å²) < 4.78 is 12.2. The molecule has 1 aromatic rings. The third-order valence-electron chi connectivity index (χ3n) is 3.21. The highest BCUT2D eigenvalue weighted by Crippen LogP contribution is 2.12. The highest BCUT2D eigenvalue weighted by Gasteiger charge is 2.16. The number of hydrogen-bond donors (Lipinski definition) is 1. The zero-order chi connectivity index (χ0) is 13.5. The van der Waals surface area contributed by atoms with E-state index in [0.717, 1.165) is 12.3 Å². The van der Waals surface area contributed by atoms with Crippen molar-refractivity contribution in [3.63, 3.8) is 0 Å². The Morgan fingerprint density at radius 2 is 1.94 bits per heavy atom. The number of rotatable bonds is 7. The molecular weight excluding hydrogens is 242 g/mol. The third kappa shape index (κ3) is 4.91. The Bertz CT molecular complexity index is 390. The molecule has 0 radical (unpaired) electrons. The summed E-state index contributed by atoms with van der Waals surface area (Å²) in [5.41, 5.74) is 2.44. The minimum absolute atomic E-state index is 0.347. The molecule has 102 valence electrons. The van der Waals surface area contributed by atoms with E-state index >= 15 is 0 Å². The topological polar surface area (TPSA) is 29.1 Å². The van der Waals surface area contributed by atoms with Crippen molar-refractivity contribution in [1.29, 1.82) is 0 Å². The first-order chi connectivity index (χ1) is 8.54. The van der Waals surface area contributed by atoms with Crippen molar-refractivity contribution in [3.8, 4) is 0 Å². The lowest BCUT2D eigenvalue weighted by Crippen LogP contribution is -2.38. The lowest BCUT2D eigenvalue weighted by molar-refractivity contribution is 0.440. The highest BCUT2D eigenvalue weighted by molar-refractivity contribution is 7.84. The lowest BCUT2D eigenvalue weighted by atomic mass is 10.1. The Balaban J connectivity index is 2.58. The number of aryl methyl sites for hydroxylation is 1. The first-order valence-electron chi connectivity index (χ1n) is 6.67. The van der Waals surface area contributed by atoms with Crippen LogP contribution in [0.25, 0.3) is 0 Å². The summed E-state index contributed by atoms with van der Waals surface area (Å²) in [7, 11) is -0.796. The molecule has 0 spiro atoms. The van der Waals surface area contributed by atoms with E-state index in [2.05, 4.69) is 45.1 Å². The molecule has 2 atom stereocenters. The largest absolute Gasteiger partial charge is 0.313 e. The Kier molecular flexibility index (Phi) is 6.58. The molecule has 0 aromatic heterocycles. The summed E-state index contributed by atoms with van der Waals surface area (Å²) in [6.07, 6.45) is 0. The molecule has 0 fully saturated rings. The first-order valence-corrected chi connectivity index (χ1v) is 8.16. The van der Waals surface area contributed by atoms with Crippen molar-refractivity contribution >= 4 is 10.8 Å². The van der Waals surface area contributed by atoms with Crippen LogP contribution in [0.15, 0.2) is 24.3 Å². The summed E-state index contributed by atoms with van der Waals surface area (Å²) in [4.78, 5) is 0. The lowest BCUT2D eigenvalue weighted by Gasteiger charge is -2.21. The Morgan fingerprint density at radius 3 is 2.50 bits per heavy atom. The smallest absolute Gasteiger partial charge is 0.0488 e. The molecule has 2 nitrogen and oxygen atoms in total. The molecule has 1 rings (SSSR count). The van der Waals surface area contributed by atoms with Crippen molar-refractivity contribution in [2.75, 3.05) is 12.3 Å². The maximum atomic E-state index is 12.2. The summed E-state index contributed by atoms with van der Waals surface area (Å²) in [6.45, 7) is 9.47. The molecular formula is C15H25NOS. The van der Waals surface area contributed by atoms with E-state index in [9.17, 15) is 4.21 Å². The van der Waals surface area contributed by atoms with Gasteiger partial charge in [-0.15, -0.1) is 0 Å². The fourth-order valence-electron chi connectivity index (χ4n) is 1.95. The molecule has 3 heteroatoms. The zero-order valence-corrected chi connectivity index (χ0v) is 12.7. The summed E-state index contributed by atoms with van der Waals surface area (Å²) in [5, 5.41) is 3.42. The maximum absolute atomic E-state index is 12.2. The molecule has 2 unspecified atom stereocenters. The van der Waals surface area contributed by atoms with Crippen LogP contribution in [0.2, 0.25) is 0 Å². The standard InChI is InChI=1S/C15H25NOS/c1-5-16-15(12(2)3)11-18(17)10-14-9-7-6-8-13(14)4/h6-9,12,15-16H,5,10-11H2,1-4H3. The van der Waals surface area contributed by atoms with Gasteiger partial charge in [-0.25, -0.2) is 0 Å². The Labute approximate surface area is 114 Å². The average molecular weight is 267 g/mol. The van der Waals surface area contributed by atoms with Crippen LogP contribution in [-0.2, 0) is 16.6 Å². The van der Waals surface area contributed by atoms with Gasteiger partial charge in [0.1, 0.15) is 0 Å². The third-order valence-corrected chi connectivity index (χ3v) is 4.58. The predicted octanol–water partition coefficient (Wildman–Crippen LogP) is 2.88. The van der Waals surface area contributed by atoms with Crippen molar-refractivity contribution in [2.45, 2.75) is 39.5 Å². The number of benzene rings is 1. The number of nitrogens with one attached hydrogen (secondary N) is 1. The van der Waals surface area contributed by atoms with Crippen LogP contribution in [0.1, 0.15) is 31.9 Å². The van der Waals surface area contributed by atoms with Gasteiger partial charge >= 0.3 is 0 Å². The van der Waals surface area contributed by atoms with Gasteiger partial charge in [-0.2, -0.15) is 0 Å². The van der Waals surface area contributed by atoms with Crippen LogP contribution < -0.4 is 5.32 Å². The fourth-order valence-corrected chi connectivity index (χ4v) is 3.65. The molecule has 0 saturated heterocycles. The summed E-state index contributed by atoms with van der Waals surface area (Å²) in [5.74, 6) is 1.92. The zero-order valence-electron chi connectivity index (χ0n) is 11.9. The van der Waals surface area contributed by atoms with Gasteiger partial charge in [0, 0.05) is 28.3 Å². The highest BCUT2D eigenvalue weighted by atomic mass is 32.2. The van der Waals surface area contributed by atoms with Gasteiger partial charge in [0.15, 0.2) is 0 Å². The van der Waals surface area contributed by atoms with E-state index in [4.69, 9.17) is 0 Å². The summed E-state index contributed by atoms with van der Waals surface area (Å²) in [6, 6.07) is 8.54. The van der Waals surface area contributed by atoms with E-state index in [0.29, 0.717) is 17.7 Å². The molecule has 1 aromatic carbocycles. The minimum Gasteiger partial charge on any atom is -0.313 e. The van der Waals surface area contributed by atoms with Crippen LogP contribution in [0, 0.1) is 12.8 Å². The molecule has 1 N–H and O–H groups in total. The van der Waals surface area contributed by atoms with Crippen LogP contribution in [0.3, 0.4) is 0 Å².